The quantitative estimate of drug-likeness (QED) is 0.800. The zero-order valence-corrected chi connectivity index (χ0v) is 8.64. The van der Waals surface area contributed by atoms with Crippen LogP contribution >= 0.6 is 0 Å². The number of hydrogen-bond acceptors (Lipinski definition) is 1. The molecule has 1 fully saturated rings. The zero-order chi connectivity index (χ0) is 12.7. The standard InChI is InChI=1S/C11H9F4NO/c12-8-3-1-7(2-4-8)9(17)16-10(5-6-10)11(13,14)15/h1-4H,5-6H2,(H,16,17). The third kappa shape index (κ3) is 2.25. The van der Waals surface area contributed by atoms with Crippen LogP contribution in [0.15, 0.2) is 24.3 Å². The van der Waals surface area contributed by atoms with Gasteiger partial charge in [0.2, 0.25) is 0 Å². The van der Waals surface area contributed by atoms with Crippen molar-refractivity contribution < 1.29 is 22.4 Å². The van der Waals surface area contributed by atoms with Crippen molar-refractivity contribution in [3.8, 4) is 0 Å². The van der Waals surface area contributed by atoms with E-state index < -0.39 is 23.4 Å². The van der Waals surface area contributed by atoms with Gasteiger partial charge in [-0.15, -0.1) is 0 Å². The first-order valence-corrected chi connectivity index (χ1v) is 4.99. The van der Waals surface area contributed by atoms with E-state index in [4.69, 9.17) is 0 Å². The molecule has 17 heavy (non-hydrogen) atoms. The van der Waals surface area contributed by atoms with Crippen LogP contribution in [0.4, 0.5) is 17.6 Å². The highest BCUT2D eigenvalue weighted by Crippen LogP contribution is 2.49. The van der Waals surface area contributed by atoms with Crippen LogP contribution in [0.3, 0.4) is 0 Å². The summed E-state index contributed by atoms with van der Waals surface area (Å²) in [6.07, 6.45) is -4.66. The van der Waals surface area contributed by atoms with E-state index in [0.717, 1.165) is 24.3 Å². The van der Waals surface area contributed by atoms with Crippen LogP contribution in [0.2, 0.25) is 0 Å². The van der Waals surface area contributed by atoms with Crippen molar-refractivity contribution in [2.75, 3.05) is 0 Å². The van der Waals surface area contributed by atoms with Gasteiger partial charge in [0.15, 0.2) is 0 Å². The summed E-state index contributed by atoms with van der Waals surface area (Å²) in [5, 5.41) is 1.96. The first-order chi connectivity index (χ1) is 7.84. The third-order valence-electron chi connectivity index (χ3n) is 2.75. The van der Waals surface area contributed by atoms with Gasteiger partial charge in [-0.2, -0.15) is 13.2 Å². The topological polar surface area (TPSA) is 29.1 Å². The second-order valence-electron chi connectivity index (χ2n) is 4.04. The molecule has 2 nitrogen and oxygen atoms in total. The Hall–Kier alpha value is -1.59. The number of carbonyl (C=O) groups is 1. The summed E-state index contributed by atoms with van der Waals surface area (Å²) in [7, 11) is 0. The molecular weight excluding hydrogens is 238 g/mol. The molecule has 1 amide bonds. The van der Waals surface area contributed by atoms with Crippen LogP contribution in [0.5, 0.6) is 0 Å². The van der Waals surface area contributed by atoms with Crippen molar-refractivity contribution in [2.24, 2.45) is 0 Å². The molecule has 0 radical (unpaired) electrons. The van der Waals surface area contributed by atoms with E-state index in [1.165, 1.54) is 0 Å². The van der Waals surface area contributed by atoms with Crippen molar-refractivity contribution in [3.05, 3.63) is 35.6 Å². The van der Waals surface area contributed by atoms with Gasteiger partial charge in [-0.05, 0) is 37.1 Å². The number of halogens is 4. The van der Waals surface area contributed by atoms with Gasteiger partial charge in [0.1, 0.15) is 11.4 Å². The fraction of sp³-hybridized carbons (Fsp3) is 0.364. The second-order valence-corrected chi connectivity index (χ2v) is 4.04. The lowest BCUT2D eigenvalue weighted by Gasteiger charge is -2.20. The van der Waals surface area contributed by atoms with Gasteiger partial charge in [-0.25, -0.2) is 4.39 Å². The zero-order valence-electron chi connectivity index (χ0n) is 8.64. The Kier molecular flexibility index (Phi) is 2.60. The van der Waals surface area contributed by atoms with Crippen LogP contribution in [0, 0.1) is 5.82 Å². The van der Waals surface area contributed by atoms with E-state index in [2.05, 4.69) is 0 Å². The van der Waals surface area contributed by atoms with Crippen LogP contribution in [-0.4, -0.2) is 17.6 Å². The molecule has 0 heterocycles. The van der Waals surface area contributed by atoms with E-state index in [1.54, 1.807) is 0 Å². The summed E-state index contributed by atoms with van der Waals surface area (Å²) in [5.74, 6) is -1.38. The summed E-state index contributed by atoms with van der Waals surface area (Å²) >= 11 is 0. The number of rotatable bonds is 2. The predicted octanol–water partition coefficient (Wildman–Crippen LogP) is 2.65. The number of benzene rings is 1. The Balaban J connectivity index is 2.10. The minimum absolute atomic E-state index is 0.0157. The van der Waals surface area contributed by atoms with Gasteiger partial charge in [0.05, 0.1) is 0 Å². The van der Waals surface area contributed by atoms with E-state index in [-0.39, 0.29) is 18.4 Å². The largest absolute Gasteiger partial charge is 0.411 e. The summed E-state index contributed by atoms with van der Waals surface area (Å²) in [4.78, 5) is 11.5. The Morgan fingerprint density at radius 3 is 2.12 bits per heavy atom. The summed E-state index contributed by atoms with van der Waals surface area (Å²) < 4.78 is 50.3. The third-order valence-corrected chi connectivity index (χ3v) is 2.75. The molecule has 1 N–H and O–H groups in total. The van der Waals surface area contributed by atoms with Crippen LogP contribution in [-0.2, 0) is 0 Å². The number of nitrogens with one attached hydrogen (secondary N) is 1. The maximum atomic E-state index is 12.6. The molecule has 0 aliphatic heterocycles. The number of hydrogen-bond donors (Lipinski definition) is 1. The minimum atomic E-state index is -4.44. The molecule has 1 saturated carbocycles. The molecule has 1 aliphatic rings. The highest BCUT2D eigenvalue weighted by molar-refractivity contribution is 5.95. The van der Waals surface area contributed by atoms with Crippen molar-refractivity contribution in [2.45, 2.75) is 24.6 Å². The molecule has 0 saturated heterocycles. The van der Waals surface area contributed by atoms with Gasteiger partial charge in [0, 0.05) is 5.56 Å². The van der Waals surface area contributed by atoms with Gasteiger partial charge in [-0.1, -0.05) is 0 Å². The molecule has 0 unspecified atom stereocenters. The lowest BCUT2D eigenvalue weighted by molar-refractivity contribution is -0.163. The van der Waals surface area contributed by atoms with Crippen LogP contribution in [0.1, 0.15) is 23.2 Å². The summed E-state index contributed by atoms with van der Waals surface area (Å²) in [6, 6.07) is 4.36. The summed E-state index contributed by atoms with van der Waals surface area (Å²) in [6.45, 7) is 0. The first kappa shape index (κ1) is 11.9. The molecule has 1 aromatic carbocycles. The number of carbonyl (C=O) groups excluding carboxylic acids is 1. The Morgan fingerprint density at radius 1 is 1.18 bits per heavy atom. The van der Waals surface area contributed by atoms with Crippen molar-refractivity contribution in [1.82, 2.24) is 5.32 Å². The molecule has 0 bridgehead atoms. The van der Waals surface area contributed by atoms with Crippen molar-refractivity contribution >= 4 is 5.91 Å². The van der Waals surface area contributed by atoms with E-state index >= 15 is 0 Å². The smallest absolute Gasteiger partial charge is 0.338 e. The maximum Gasteiger partial charge on any atom is 0.411 e. The number of alkyl halides is 3. The predicted molar refractivity (Wildman–Crippen MR) is 51.9 cm³/mol. The van der Waals surface area contributed by atoms with E-state index in [0.29, 0.717) is 0 Å². The Bertz CT molecular complexity index is 434. The second kappa shape index (κ2) is 3.72. The first-order valence-electron chi connectivity index (χ1n) is 4.99. The lowest BCUT2D eigenvalue weighted by atomic mass is 10.1. The highest BCUT2D eigenvalue weighted by Gasteiger charge is 2.64. The van der Waals surface area contributed by atoms with Crippen LogP contribution < -0.4 is 5.32 Å². The molecule has 0 atom stereocenters. The average molecular weight is 247 g/mol. The maximum absolute atomic E-state index is 12.6. The minimum Gasteiger partial charge on any atom is -0.338 e. The normalized spacial score (nSPS) is 17.6. The Labute approximate surface area is 94.6 Å². The van der Waals surface area contributed by atoms with Gasteiger partial charge in [0.25, 0.3) is 5.91 Å². The van der Waals surface area contributed by atoms with Crippen molar-refractivity contribution in [1.29, 1.82) is 0 Å². The average Bonchev–Trinajstić information content (AvgIpc) is 2.98. The monoisotopic (exact) mass is 247 g/mol. The number of amides is 1. The van der Waals surface area contributed by atoms with Gasteiger partial charge < -0.3 is 5.32 Å². The van der Waals surface area contributed by atoms with Gasteiger partial charge >= 0.3 is 6.18 Å². The fourth-order valence-corrected chi connectivity index (χ4v) is 1.50. The molecule has 2 rings (SSSR count). The van der Waals surface area contributed by atoms with Gasteiger partial charge in [-0.3, -0.25) is 4.79 Å². The van der Waals surface area contributed by atoms with E-state index in [9.17, 15) is 22.4 Å². The molecular formula is C11H9F4NO. The molecule has 92 valence electrons. The lowest BCUT2D eigenvalue weighted by Crippen LogP contribution is -2.47. The summed E-state index contributed by atoms with van der Waals surface area (Å²) in [5.41, 5.74) is -2.07. The van der Waals surface area contributed by atoms with E-state index in [1.807, 2.05) is 5.32 Å². The van der Waals surface area contributed by atoms with Crippen LogP contribution in [0.25, 0.3) is 0 Å². The molecule has 1 aromatic rings. The SMILES string of the molecule is O=C(NC1(C(F)(F)F)CC1)c1ccc(F)cc1. The fourth-order valence-electron chi connectivity index (χ4n) is 1.50. The highest BCUT2D eigenvalue weighted by atomic mass is 19.4. The molecule has 0 aromatic heterocycles. The molecule has 1 aliphatic carbocycles. The molecule has 6 heteroatoms. The molecule has 0 spiro atoms. The Morgan fingerprint density at radius 2 is 1.71 bits per heavy atom. The van der Waals surface area contributed by atoms with Crippen molar-refractivity contribution in [3.63, 3.8) is 0 Å².